The second kappa shape index (κ2) is 8.43. The van der Waals surface area contributed by atoms with Gasteiger partial charge in [0.05, 0.1) is 5.60 Å². The van der Waals surface area contributed by atoms with Gasteiger partial charge >= 0.3 is 0 Å². The minimum atomic E-state index is -0.241. The lowest BCUT2D eigenvalue weighted by Crippen LogP contribution is -2.26. The Hall–Kier alpha value is -2.71. The van der Waals surface area contributed by atoms with E-state index in [-0.39, 0.29) is 11.5 Å². The third kappa shape index (κ3) is 4.36. The van der Waals surface area contributed by atoms with Gasteiger partial charge in [0.15, 0.2) is 0 Å². The quantitative estimate of drug-likeness (QED) is 0.649. The van der Waals surface area contributed by atoms with Gasteiger partial charge in [-0.1, -0.05) is 38.8 Å². The van der Waals surface area contributed by atoms with Crippen LogP contribution in [-0.2, 0) is 15.1 Å². The van der Waals surface area contributed by atoms with Gasteiger partial charge in [-0.3, -0.25) is 4.79 Å². The number of anilines is 1. The standard InChI is InChI=1S/C26H31N3O2/c1-25(2)14-10-18(11-15-25)21-16-19(26(31-3)12-4-5-13-26)6-8-22(21)29-24(30)23-9-7-20(17-27)28-23/h6-8,10,16H,4-5,9,11-15H2,1-3H3,(H,29,30). The van der Waals surface area contributed by atoms with Gasteiger partial charge in [0.2, 0.25) is 0 Å². The van der Waals surface area contributed by atoms with Crippen molar-refractivity contribution in [3.8, 4) is 6.07 Å². The number of carbonyl (C=O) groups excluding carboxylic acids is 1. The Balaban J connectivity index is 1.68. The van der Waals surface area contributed by atoms with Crippen LogP contribution < -0.4 is 5.32 Å². The maximum Gasteiger partial charge on any atom is 0.270 e. The van der Waals surface area contributed by atoms with Crippen molar-refractivity contribution in [2.75, 3.05) is 12.4 Å². The van der Waals surface area contributed by atoms with Crippen LogP contribution in [-0.4, -0.2) is 18.7 Å². The monoisotopic (exact) mass is 417 g/mol. The van der Waals surface area contributed by atoms with Gasteiger partial charge in [-0.05, 0) is 66.9 Å². The van der Waals surface area contributed by atoms with E-state index in [0.717, 1.165) is 43.4 Å². The molecule has 0 spiro atoms. The van der Waals surface area contributed by atoms with E-state index in [1.165, 1.54) is 24.0 Å². The number of benzene rings is 1. The zero-order chi connectivity index (χ0) is 22.1. The predicted octanol–water partition coefficient (Wildman–Crippen LogP) is 5.89. The number of allylic oxidation sites excluding steroid dienone is 4. The zero-order valence-corrected chi connectivity index (χ0v) is 18.8. The molecule has 31 heavy (non-hydrogen) atoms. The first-order valence-corrected chi connectivity index (χ1v) is 11.2. The number of nitrogens with one attached hydrogen (secondary N) is 1. The summed E-state index contributed by atoms with van der Waals surface area (Å²) in [5.74, 6) is -0.241. The van der Waals surface area contributed by atoms with E-state index in [1.54, 1.807) is 13.2 Å². The number of hydrogen-bond donors (Lipinski definition) is 1. The number of nitrogens with zero attached hydrogens (tertiary/aromatic N) is 2. The Morgan fingerprint density at radius 3 is 2.58 bits per heavy atom. The van der Waals surface area contributed by atoms with Crippen LogP contribution in [0, 0.1) is 16.7 Å². The summed E-state index contributed by atoms with van der Waals surface area (Å²) >= 11 is 0. The highest BCUT2D eigenvalue weighted by molar-refractivity contribution is 6.44. The highest BCUT2D eigenvalue weighted by atomic mass is 16.5. The van der Waals surface area contributed by atoms with E-state index in [9.17, 15) is 4.79 Å². The van der Waals surface area contributed by atoms with Crippen LogP contribution in [0.3, 0.4) is 0 Å². The number of nitriles is 1. The van der Waals surface area contributed by atoms with Gasteiger partial charge in [-0.2, -0.15) is 5.26 Å². The van der Waals surface area contributed by atoms with Crippen molar-refractivity contribution >= 4 is 22.9 Å². The van der Waals surface area contributed by atoms with Crippen molar-refractivity contribution in [1.82, 2.24) is 0 Å². The van der Waals surface area contributed by atoms with E-state index >= 15 is 0 Å². The van der Waals surface area contributed by atoms with Crippen molar-refractivity contribution in [3.05, 3.63) is 47.2 Å². The smallest absolute Gasteiger partial charge is 0.270 e. The lowest BCUT2D eigenvalue weighted by Gasteiger charge is -2.32. The summed E-state index contributed by atoms with van der Waals surface area (Å²) in [5, 5.41) is 12.1. The molecular formula is C26H31N3O2. The Kier molecular flexibility index (Phi) is 5.85. The van der Waals surface area contributed by atoms with Gasteiger partial charge in [0.25, 0.3) is 5.91 Å². The number of hydrogen-bond acceptors (Lipinski definition) is 4. The van der Waals surface area contributed by atoms with Crippen molar-refractivity contribution < 1.29 is 9.53 Å². The number of aliphatic imine (C=N–C) groups is 1. The molecule has 5 heteroatoms. The summed E-state index contributed by atoms with van der Waals surface area (Å²) in [4.78, 5) is 17.0. The lowest BCUT2D eigenvalue weighted by molar-refractivity contribution is -0.110. The van der Waals surface area contributed by atoms with Gasteiger partial charge in [-0.25, -0.2) is 4.99 Å². The van der Waals surface area contributed by atoms with Gasteiger partial charge in [-0.15, -0.1) is 0 Å². The average Bonchev–Trinajstić information content (AvgIpc) is 3.44. The molecule has 1 fully saturated rings. The molecule has 3 aliphatic rings. The molecule has 0 saturated heterocycles. The molecule has 0 aromatic heterocycles. The molecule has 0 unspecified atom stereocenters. The molecule has 0 radical (unpaired) electrons. The first kappa shape index (κ1) is 21.5. The SMILES string of the molecule is COC1(c2ccc(NC(=O)C3=NC(C#N)=CC3)c(C3=CCC(C)(C)CC3)c2)CCCC1. The lowest BCUT2D eigenvalue weighted by atomic mass is 9.76. The molecule has 1 N–H and O–H groups in total. The largest absolute Gasteiger partial charge is 0.374 e. The van der Waals surface area contributed by atoms with Crippen LogP contribution in [0.15, 0.2) is 41.0 Å². The first-order chi connectivity index (χ1) is 14.9. The number of ether oxygens (including phenoxy) is 1. The van der Waals surface area contributed by atoms with Gasteiger partial charge in [0, 0.05) is 24.8 Å². The third-order valence-electron chi connectivity index (χ3n) is 7.03. The minimum absolute atomic E-state index is 0.229. The summed E-state index contributed by atoms with van der Waals surface area (Å²) in [7, 11) is 1.81. The highest BCUT2D eigenvalue weighted by Crippen LogP contribution is 2.45. The molecule has 1 aromatic rings. The molecule has 1 amide bonds. The molecule has 4 rings (SSSR count). The Labute approximate surface area is 184 Å². The topological polar surface area (TPSA) is 74.5 Å². The first-order valence-electron chi connectivity index (χ1n) is 11.2. The number of rotatable bonds is 5. The molecule has 5 nitrogen and oxygen atoms in total. The fraction of sp³-hybridized carbons (Fsp3) is 0.500. The second-order valence-electron chi connectivity index (χ2n) is 9.68. The summed E-state index contributed by atoms with van der Waals surface area (Å²) < 4.78 is 6.02. The van der Waals surface area contributed by atoms with Crippen molar-refractivity contribution in [2.45, 2.75) is 70.8 Å². The van der Waals surface area contributed by atoms with Crippen molar-refractivity contribution in [2.24, 2.45) is 10.4 Å². The van der Waals surface area contributed by atoms with Crippen LogP contribution in [0.1, 0.15) is 76.3 Å². The van der Waals surface area contributed by atoms with Crippen molar-refractivity contribution in [1.29, 1.82) is 5.26 Å². The van der Waals surface area contributed by atoms with Gasteiger partial charge in [0.1, 0.15) is 17.5 Å². The molecule has 1 saturated carbocycles. The maximum absolute atomic E-state index is 12.8. The average molecular weight is 418 g/mol. The molecule has 0 bridgehead atoms. The van der Waals surface area contributed by atoms with Crippen molar-refractivity contribution in [3.63, 3.8) is 0 Å². The second-order valence-corrected chi connectivity index (χ2v) is 9.68. The highest BCUT2D eigenvalue weighted by Gasteiger charge is 2.36. The summed E-state index contributed by atoms with van der Waals surface area (Å²) in [5.41, 5.74) is 5.13. The molecule has 0 atom stereocenters. The zero-order valence-electron chi connectivity index (χ0n) is 18.8. The number of carbonyl (C=O) groups is 1. The maximum atomic E-state index is 12.8. The molecule has 1 heterocycles. The summed E-state index contributed by atoms with van der Waals surface area (Å²) in [6.45, 7) is 4.60. The predicted molar refractivity (Wildman–Crippen MR) is 124 cm³/mol. The normalized spacial score (nSPS) is 21.7. The molecule has 1 aliphatic heterocycles. The third-order valence-corrected chi connectivity index (χ3v) is 7.03. The fourth-order valence-corrected chi connectivity index (χ4v) is 4.92. The van der Waals surface area contributed by atoms with E-state index in [2.05, 4.69) is 42.4 Å². The van der Waals surface area contributed by atoms with E-state index < -0.39 is 0 Å². The Morgan fingerprint density at radius 2 is 1.97 bits per heavy atom. The minimum Gasteiger partial charge on any atom is -0.374 e. The van der Waals surface area contributed by atoms with Crippen LogP contribution in [0.4, 0.5) is 5.69 Å². The van der Waals surface area contributed by atoms with Crippen LogP contribution in [0.25, 0.3) is 5.57 Å². The van der Waals surface area contributed by atoms with E-state index in [4.69, 9.17) is 10.00 Å². The Bertz CT molecular complexity index is 1020. The van der Waals surface area contributed by atoms with Gasteiger partial charge < -0.3 is 10.1 Å². The molecule has 1 aromatic carbocycles. The fourth-order valence-electron chi connectivity index (χ4n) is 4.92. The van der Waals surface area contributed by atoms with Crippen LogP contribution in [0.5, 0.6) is 0 Å². The summed E-state index contributed by atoms with van der Waals surface area (Å²) in [6, 6.07) is 8.33. The van der Waals surface area contributed by atoms with E-state index in [1.807, 2.05) is 12.1 Å². The molecule has 2 aliphatic carbocycles. The number of methoxy groups -OCH3 is 1. The number of amides is 1. The van der Waals surface area contributed by atoms with Crippen LogP contribution in [0.2, 0.25) is 0 Å². The Morgan fingerprint density at radius 1 is 1.19 bits per heavy atom. The summed E-state index contributed by atoms with van der Waals surface area (Å²) in [6.07, 6.45) is 11.9. The molecular weight excluding hydrogens is 386 g/mol. The molecule has 162 valence electrons. The van der Waals surface area contributed by atoms with Crippen LogP contribution >= 0.6 is 0 Å². The van der Waals surface area contributed by atoms with E-state index in [0.29, 0.717) is 23.2 Å².